The van der Waals surface area contributed by atoms with Crippen LogP contribution in [0.15, 0.2) is 36.4 Å². The van der Waals surface area contributed by atoms with Gasteiger partial charge in [-0.15, -0.1) is 23.2 Å². The number of hydrogen-bond acceptors (Lipinski definition) is 2. The number of rotatable bonds is 4. The number of aromatic carboxylic acids is 1. The van der Waals surface area contributed by atoms with E-state index in [2.05, 4.69) is 5.32 Å². The number of carboxylic acids is 1. The maximum atomic E-state index is 13.4. The molecular formula is C17H10Cl4FNO3. The third kappa shape index (κ3) is 3.49. The fourth-order valence-electron chi connectivity index (χ4n) is 2.76. The van der Waals surface area contributed by atoms with E-state index in [0.717, 1.165) is 12.1 Å². The summed E-state index contributed by atoms with van der Waals surface area (Å²) >= 11 is 24.4. The van der Waals surface area contributed by atoms with Gasteiger partial charge >= 0.3 is 5.97 Å². The molecule has 0 aromatic heterocycles. The highest BCUT2D eigenvalue weighted by Crippen LogP contribution is 2.65. The number of anilines is 1. The number of benzene rings is 2. The molecule has 0 bridgehead atoms. The van der Waals surface area contributed by atoms with Crippen LogP contribution < -0.4 is 5.32 Å². The fourth-order valence-corrected chi connectivity index (χ4v) is 3.90. The van der Waals surface area contributed by atoms with Gasteiger partial charge in [-0.2, -0.15) is 0 Å². The van der Waals surface area contributed by atoms with Gasteiger partial charge in [0.05, 0.1) is 21.5 Å². The molecule has 0 saturated heterocycles. The minimum Gasteiger partial charge on any atom is -0.478 e. The number of carboxylic acid groups (broad SMARTS) is 1. The second-order valence-electron chi connectivity index (χ2n) is 5.79. The first-order valence-corrected chi connectivity index (χ1v) is 8.80. The Morgan fingerprint density at radius 3 is 2.38 bits per heavy atom. The van der Waals surface area contributed by atoms with Crippen LogP contribution in [0.3, 0.4) is 0 Å². The lowest BCUT2D eigenvalue weighted by Gasteiger charge is -2.07. The minimum atomic E-state index is -1.44. The van der Waals surface area contributed by atoms with Gasteiger partial charge in [-0.25, -0.2) is 9.18 Å². The van der Waals surface area contributed by atoms with Gasteiger partial charge in [0.1, 0.15) is 10.2 Å². The van der Waals surface area contributed by atoms with Crippen molar-refractivity contribution < 1.29 is 19.1 Å². The highest BCUT2D eigenvalue weighted by atomic mass is 35.5. The first-order chi connectivity index (χ1) is 12.1. The zero-order chi connectivity index (χ0) is 19.2. The summed E-state index contributed by atoms with van der Waals surface area (Å²) in [6.45, 7) is 0. The van der Waals surface area contributed by atoms with Gasteiger partial charge in [0.15, 0.2) is 0 Å². The summed E-state index contributed by atoms with van der Waals surface area (Å²) in [7, 11) is 0. The number of nitrogens with one attached hydrogen (secondary N) is 1. The molecule has 1 aliphatic carbocycles. The van der Waals surface area contributed by atoms with E-state index in [1.807, 2.05) is 0 Å². The van der Waals surface area contributed by atoms with E-state index in [-0.39, 0.29) is 5.69 Å². The SMILES string of the molecule is O=C(O)c1cc(NC(=O)[C@H]2[C@H](c3ccc(Cl)c(Cl)c3)C2(Cl)Cl)ccc1F. The van der Waals surface area contributed by atoms with Crippen molar-refractivity contribution in [3.05, 3.63) is 63.4 Å². The van der Waals surface area contributed by atoms with Crippen LogP contribution in [0.1, 0.15) is 21.8 Å². The molecule has 9 heteroatoms. The molecule has 2 atom stereocenters. The van der Waals surface area contributed by atoms with E-state index in [4.69, 9.17) is 51.5 Å². The quantitative estimate of drug-likeness (QED) is 0.634. The van der Waals surface area contributed by atoms with Crippen LogP contribution in [0.5, 0.6) is 0 Å². The molecule has 0 aliphatic heterocycles. The van der Waals surface area contributed by atoms with Gasteiger partial charge in [0.2, 0.25) is 5.91 Å². The maximum absolute atomic E-state index is 13.4. The average Bonchev–Trinajstić information content (AvgIpc) is 3.14. The number of alkyl halides is 2. The molecule has 4 nitrogen and oxygen atoms in total. The standard InChI is InChI=1S/C17H10Cl4FNO3/c18-10-3-1-7(5-11(10)19)13-14(17(13,20)21)15(24)23-8-2-4-12(22)9(6-8)16(25)26/h1-6,13-14H,(H,23,24)(H,25,26)/t13-,14+/m0/s1. The van der Waals surface area contributed by atoms with Crippen molar-refractivity contribution in [1.29, 1.82) is 0 Å². The minimum absolute atomic E-state index is 0.123. The Balaban J connectivity index is 1.81. The molecule has 1 saturated carbocycles. The van der Waals surface area contributed by atoms with Gasteiger partial charge in [0, 0.05) is 11.6 Å². The molecule has 0 heterocycles. The van der Waals surface area contributed by atoms with Gasteiger partial charge in [-0.05, 0) is 35.9 Å². The highest BCUT2D eigenvalue weighted by molar-refractivity contribution is 6.53. The van der Waals surface area contributed by atoms with Crippen LogP contribution in [0.4, 0.5) is 10.1 Å². The smallest absolute Gasteiger partial charge is 0.338 e. The monoisotopic (exact) mass is 435 g/mol. The van der Waals surface area contributed by atoms with Gasteiger partial charge in [0.25, 0.3) is 0 Å². The van der Waals surface area contributed by atoms with Gasteiger partial charge in [-0.1, -0.05) is 29.3 Å². The summed E-state index contributed by atoms with van der Waals surface area (Å²) in [5.74, 6) is -4.17. The van der Waals surface area contributed by atoms with Crippen molar-refractivity contribution in [3.8, 4) is 0 Å². The molecule has 2 aromatic rings. The van der Waals surface area contributed by atoms with Crippen LogP contribution in [0, 0.1) is 11.7 Å². The number of hydrogen-bond donors (Lipinski definition) is 2. The van der Waals surface area contributed by atoms with Crippen molar-refractivity contribution in [2.75, 3.05) is 5.32 Å². The van der Waals surface area contributed by atoms with Crippen LogP contribution in [-0.2, 0) is 4.79 Å². The third-order valence-corrected chi connectivity index (χ3v) is 5.78. The molecule has 0 radical (unpaired) electrons. The summed E-state index contributed by atoms with van der Waals surface area (Å²) in [5.41, 5.74) is 0.218. The molecule has 0 unspecified atom stereocenters. The molecule has 1 aliphatic rings. The average molecular weight is 437 g/mol. The molecule has 2 aromatic carbocycles. The fraction of sp³-hybridized carbons (Fsp3) is 0.176. The molecule has 0 spiro atoms. The molecule has 1 fully saturated rings. The Labute approximate surface area is 167 Å². The lowest BCUT2D eigenvalue weighted by molar-refractivity contribution is -0.117. The largest absolute Gasteiger partial charge is 0.478 e. The van der Waals surface area contributed by atoms with E-state index in [0.29, 0.717) is 15.6 Å². The topological polar surface area (TPSA) is 66.4 Å². The van der Waals surface area contributed by atoms with Crippen molar-refractivity contribution in [2.45, 2.75) is 10.3 Å². The summed E-state index contributed by atoms with van der Waals surface area (Å²) in [4.78, 5) is 23.5. The van der Waals surface area contributed by atoms with E-state index in [1.54, 1.807) is 18.2 Å². The van der Waals surface area contributed by atoms with Gasteiger partial charge < -0.3 is 10.4 Å². The second-order valence-corrected chi connectivity index (χ2v) is 8.05. The van der Waals surface area contributed by atoms with E-state index >= 15 is 0 Å². The van der Waals surface area contributed by atoms with Crippen LogP contribution in [0.25, 0.3) is 0 Å². The van der Waals surface area contributed by atoms with E-state index in [9.17, 15) is 14.0 Å². The molecule has 2 N–H and O–H groups in total. The van der Waals surface area contributed by atoms with Crippen molar-refractivity contribution >= 4 is 64.0 Å². The summed E-state index contributed by atoms with van der Waals surface area (Å²) in [6.07, 6.45) is 0. The number of carbonyl (C=O) groups excluding carboxylic acids is 1. The van der Waals surface area contributed by atoms with E-state index in [1.165, 1.54) is 6.07 Å². The Morgan fingerprint density at radius 1 is 1.08 bits per heavy atom. The first-order valence-electron chi connectivity index (χ1n) is 7.29. The highest BCUT2D eigenvalue weighted by Gasteiger charge is 2.67. The summed E-state index contributed by atoms with van der Waals surface area (Å²) < 4.78 is 12.1. The Kier molecular flexibility index (Phi) is 5.10. The normalized spacial score (nSPS) is 20.5. The predicted molar refractivity (Wildman–Crippen MR) is 99.1 cm³/mol. The lowest BCUT2D eigenvalue weighted by Crippen LogP contribution is -2.17. The van der Waals surface area contributed by atoms with Crippen LogP contribution >= 0.6 is 46.4 Å². The third-order valence-electron chi connectivity index (χ3n) is 4.10. The van der Waals surface area contributed by atoms with Crippen molar-refractivity contribution in [2.24, 2.45) is 5.92 Å². The first kappa shape index (κ1) is 19.2. The molecule has 1 amide bonds. The molecule has 136 valence electrons. The zero-order valence-corrected chi connectivity index (χ0v) is 15.8. The number of amides is 1. The summed E-state index contributed by atoms with van der Waals surface area (Å²) in [5, 5.41) is 12.1. The van der Waals surface area contributed by atoms with Crippen LogP contribution in [0.2, 0.25) is 10.0 Å². The van der Waals surface area contributed by atoms with Gasteiger partial charge in [-0.3, -0.25) is 4.79 Å². The zero-order valence-electron chi connectivity index (χ0n) is 12.8. The Bertz CT molecular complexity index is 919. The molecule has 3 rings (SSSR count). The maximum Gasteiger partial charge on any atom is 0.338 e. The Morgan fingerprint density at radius 2 is 1.77 bits per heavy atom. The second kappa shape index (κ2) is 6.89. The van der Waals surface area contributed by atoms with Crippen LogP contribution in [-0.4, -0.2) is 21.3 Å². The lowest BCUT2D eigenvalue weighted by atomic mass is 10.1. The van der Waals surface area contributed by atoms with Crippen molar-refractivity contribution in [3.63, 3.8) is 0 Å². The number of halogens is 5. The molecular weight excluding hydrogens is 427 g/mol. The summed E-state index contributed by atoms with van der Waals surface area (Å²) in [6, 6.07) is 8.07. The number of carbonyl (C=O) groups is 2. The Hall–Kier alpha value is -1.53. The molecule has 26 heavy (non-hydrogen) atoms. The predicted octanol–water partition coefficient (Wildman–Crippen LogP) is 5.36. The van der Waals surface area contributed by atoms with Crippen molar-refractivity contribution in [1.82, 2.24) is 0 Å². The van der Waals surface area contributed by atoms with E-state index < -0.39 is 39.4 Å².